The normalized spacial score (nSPS) is 13.9. The highest BCUT2D eigenvalue weighted by Crippen LogP contribution is 2.17. The van der Waals surface area contributed by atoms with Crippen molar-refractivity contribution in [3.05, 3.63) is 35.9 Å². The zero-order chi connectivity index (χ0) is 19.0. The van der Waals surface area contributed by atoms with E-state index in [0.717, 1.165) is 5.56 Å². The van der Waals surface area contributed by atoms with Crippen LogP contribution in [0.25, 0.3) is 0 Å². The number of carbonyl (C=O) groups is 2. The summed E-state index contributed by atoms with van der Waals surface area (Å²) in [5.74, 6) is -0.329. The first-order valence-electron chi connectivity index (χ1n) is 8.69. The van der Waals surface area contributed by atoms with Crippen LogP contribution in [-0.2, 0) is 9.53 Å². The number of hydrogen-bond donors (Lipinski definition) is 3. The Hall–Kier alpha value is -2.08. The van der Waals surface area contributed by atoms with E-state index in [1.54, 1.807) is 20.8 Å². The van der Waals surface area contributed by atoms with Crippen molar-refractivity contribution in [3.8, 4) is 0 Å². The molecule has 2 atom stereocenters. The van der Waals surface area contributed by atoms with Crippen LogP contribution in [0.3, 0.4) is 0 Å². The highest BCUT2D eigenvalue weighted by molar-refractivity contribution is 5.86. The van der Waals surface area contributed by atoms with Gasteiger partial charge >= 0.3 is 6.09 Å². The Bertz CT molecular complexity index is 553. The number of ether oxygens (including phenoxy) is 1. The zero-order valence-electron chi connectivity index (χ0n) is 15.8. The van der Waals surface area contributed by atoms with E-state index in [0.29, 0.717) is 13.0 Å². The molecule has 0 aromatic heterocycles. The SMILES string of the molecule is CC(C)[C@H](NC(=O)OC(C)(C)C)C(=O)N[C@@H](CCN)c1ccccc1. The van der Waals surface area contributed by atoms with Gasteiger partial charge in [0.15, 0.2) is 0 Å². The van der Waals surface area contributed by atoms with Gasteiger partial charge in [0.2, 0.25) is 5.91 Å². The second-order valence-corrected chi connectivity index (χ2v) is 7.42. The Kier molecular flexibility index (Phi) is 7.90. The number of hydrogen-bond acceptors (Lipinski definition) is 4. The summed E-state index contributed by atoms with van der Waals surface area (Å²) >= 11 is 0. The number of benzene rings is 1. The Labute approximate surface area is 150 Å². The van der Waals surface area contributed by atoms with Gasteiger partial charge in [-0.25, -0.2) is 4.79 Å². The first-order chi connectivity index (χ1) is 11.6. The van der Waals surface area contributed by atoms with Crippen molar-refractivity contribution < 1.29 is 14.3 Å². The molecule has 0 aliphatic rings. The van der Waals surface area contributed by atoms with E-state index in [4.69, 9.17) is 10.5 Å². The molecule has 0 saturated heterocycles. The number of carbonyl (C=O) groups excluding carboxylic acids is 2. The second-order valence-electron chi connectivity index (χ2n) is 7.42. The van der Waals surface area contributed by atoms with Crippen LogP contribution in [0.5, 0.6) is 0 Å². The molecule has 2 amide bonds. The van der Waals surface area contributed by atoms with Gasteiger partial charge in [-0.2, -0.15) is 0 Å². The first-order valence-corrected chi connectivity index (χ1v) is 8.69. The summed E-state index contributed by atoms with van der Waals surface area (Å²) in [4.78, 5) is 24.7. The maximum Gasteiger partial charge on any atom is 0.408 e. The summed E-state index contributed by atoms with van der Waals surface area (Å²) in [6.07, 6.45) is 0.0175. The van der Waals surface area contributed by atoms with Gasteiger partial charge in [0.1, 0.15) is 11.6 Å². The third-order valence-electron chi connectivity index (χ3n) is 3.60. The van der Waals surface area contributed by atoms with E-state index in [-0.39, 0.29) is 17.9 Å². The van der Waals surface area contributed by atoms with E-state index in [2.05, 4.69) is 10.6 Å². The molecule has 0 aliphatic heterocycles. The van der Waals surface area contributed by atoms with Crippen molar-refractivity contribution in [3.63, 3.8) is 0 Å². The molecule has 0 bridgehead atoms. The van der Waals surface area contributed by atoms with Crippen LogP contribution in [0.1, 0.15) is 52.6 Å². The Morgan fingerprint density at radius 2 is 1.72 bits per heavy atom. The van der Waals surface area contributed by atoms with Gasteiger partial charge in [-0.1, -0.05) is 44.2 Å². The molecule has 25 heavy (non-hydrogen) atoms. The molecule has 0 radical (unpaired) electrons. The Morgan fingerprint density at radius 1 is 1.12 bits per heavy atom. The topological polar surface area (TPSA) is 93.4 Å². The van der Waals surface area contributed by atoms with Crippen molar-refractivity contribution in [1.29, 1.82) is 0 Å². The maximum atomic E-state index is 12.7. The largest absolute Gasteiger partial charge is 0.444 e. The van der Waals surface area contributed by atoms with Crippen molar-refractivity contribution >= 4 is 12.0 Å². The van der Waals surface area contributed by atoms with Gasteiger partial charge in [0, 0.05) is 0 Å². The highest BCUT2D eigenvalue weighted by atomic mass is 16.6. The summed E-state index contributed by atoms with van der Waals surface area (Å²) in [5.41, 5.74) is 6.06. The second kappa shape index (κ2) is 9.42. The molecule has 6 nitrogen and oxygen atoms in total. The molecule has 0 fully saturated rings. The predicted octanol–water partition coefficient (Wildman–Crippen LogP) is 2.74. The zero-order valence-corrected chi connectivity index (χ0v) is 15.8. The van der Waals surface area contributed by atoms with E-state index in [1.165, 1.54) is 0 Å². The van der Waals surface area contributed by atoms with Gasteiger partial charge in [-0.05, 0) is 45.2 Å². The molecular formula is C19H31N3O3. The molecule has 4 N–H and O–H groups in total. The van der Waals surface area contributed by atoms with Gasteiger partial charge < -0.3 is 21.1 Å². The average Bonchev–Trinajstić information content (AvgIpc) is 2.51. The third kappa shape index (κ3) is 7.56. The maximum absolute atomic E-state index is 12.7. The summed E-state index contributed by atoms with van der Waals surface area (Å²) < 4.78 is 5.26. The number of nitrogens with two attached hydrogens (primary N) is 1. The highest BCUT2D eigenvalue weighted by Gasteiger charge is 2.28. The Balaban J connectivity index is 2.82. The fourth-order valence-corrected chi connectivity index (χ4v) is 2.41. The lowest BCUT2D eigenvalue weighted by molar-refractivity contribution is -0.125. The fraction of sp³-hybridized carbons (Fsp3) is 0.579. The summed E-state index contributed by atoms with van der Waals surface area (Å²) in [7, 11) is 0. The lowest BCUT2D eigenvalue weighted by Gasteiger charge is -2.27. The molecule has 1 aromatic rings. The summed E-state index contributed by atoms with van der Waals surface area (Å²) in [6, 6.07) is 8.79. The first kappa shape index (κ1) is 21.0. The van der Waals surface area contributed by atoms with Crippen molar-refractivity contribution in [1.82, 2.24) is 10.6 Å². The standard InChI is InChI=1S/C19H31N3O3/c1-13(2)16(22-18(24)25-19(3,4)5)17(23)21-15(11-12-20)14-9-7-6-8-10-14/h6-10,13,15-16H,11-12,20H2,1-5H3,(H,21,23)(H,22,24)/t15-,16-/m0/s1. The van der Waals surface area contributed by atoms with Gasteiger partial charge in [-0.3, -0.25) is 4.79 Å². The molecule has 0 saturated carbocycles. The van der Waals surface area contributed by atoms with Crippen LogP contribution in [-0.4, -0.2) is 30.2 Å². The van der Waals surface area contributed by atoms with E-state index in [9.17, 15) is 9.59 Å². The van der Waals surface area contributed by atoms with E-state index in [1.807, 2.05) is 44.2 Å². The number of nitrogens with one attached hydrogen (secondary N) is 2. The number of amides is 2. The van der Waals surface area contributed by atoms with Crippen LogP contribution >= 0.6 is 0 Å². The van der Waals surface area contributed by atoms with Crippen LogP contribution in [0.4, 0.5) is 4.79 Å². The monoisotopic (exact) mass is 349 g/mol. The minimum atomic E-state index is -0.682. The van der Waals surface area contributed by atoms with E-state index < -0.39 is 17.7 Å². The quantitative estimate of drug-likeness (QED) is 0.705. The van der Waals surface area contributed by atoms with E-state index >= 15 is 0 Å². The minimum absolute atomic E-state index is 0.0816. The number of rotatable bonds is 7. The number of alkyl carbamates (subject to hydrolysis) is 1. The summed E-state index contributed by atoms with van der Waals surface area (Å²) in [5, 5.41) is 5.66. The molecule has 0 unspecified atom stereocenters. The van der Waals surface area contributed by atoms with Gasteiger partial charge in [-0.15, -0.1) is 0 Å². The van der Waals surface area contributed by atoms with Crippen LogP contribution in [0.2, 0.25) is 0 Å². The fourth-order valence-electron chi connectivity index (χ4n) is 2.41. The molecule has 0 spiro atoms. The minimum Gasteiger partial charge on any atom is -0.444 e. The molecule has 1 aromatic carbocycles. The van der Waals surface area contributed by atoms with Gasteiger partial charge in [0.25, 0.3) is 0 Å². The van der Waals surface area contributed by atoms with Gasteiger partial charge in [0.05, 0.1) is 6.04 Å². The van der Waals surface area contributed by atoms with Crippen molar-refractivity contribution in [2.75, 3.05) is 6.54 Å². The molecule has 140 valence electrons. The molecule has 0 aliphatic carbocycles. The average molecular weight is 349 g/mol. The Morgan fingerprint density at radius 3 is 2.20 bits per heavy atom. The third-order valence-corrected chi connectivity index (χ3v) is 3.60. The molecule has 0 heterocycles. The molecule has 6 heteroatoms. The molecule has 1 rings (SSSR count). The van der Waals surface area contributed by atoms with Crippen molar-refractivity contribution in [2.24, 2.45) is 11.7 Å². The van der Waals surface area contributed by atoms with Crippen LogP contribution in [0, 0.1) is 5.92 Å². The smallest absolute Gasteiger partial charge is 0.408 e. The van der Waals surface area contributed by atoms with Crippen LogP contribution in [0.15, 0.2) is 30.3 Å². The lowest BCUT2D eigenvalue weighted by Crippen LogP contribution is -2.51. The predicted molar refractivity (Wildman–Crippen MR) is 99.0 cm³/mol. The van der Waals surface area contributed by atoms with Crippen molar-refractivity contribution in [2.45, 2.75) is 58.7 Å². The summed E-state index contributed by atoms with van der Waals surface area (Å²) in [6.45, 7) is 9.55. The lowest BCUT2D eigenvalue weighted by atomic mass is 10.00. The van der Waals surface area contributed by atoms with Crippen LogP contribution < -0.4 is 16.4 Å². The molecular weight excluding hydrogens is 318 g/mol.